The van der Waals surface area contributed by atoms with Crippen molar-refractivity contribution in [1.82, 2.24) is 15.1 Å². The Bertz CT molecular complexity index is 852. The lowest BCUT2D eigenvalue weighted by Crippen LogP contribution is -2.55. The smallest absolute Gasteiger partial charge is 0.331 e. The van der Waals surface area contributed by atoms with Crippen molar-refractivity contribution >= 4 is 23.9 Å². The molecule has 3 amide bonds. The number of nitrogens with zero attached hydrogens (tertiary/aromatic N) is 2. The van der Waals surface area contributed by atoms with E-state index in [4.69, 9.17) is 9.47 Å². The van der Waals surface area contributed by atoms with Gasteiger partial charge in [-0.25, -0.2) is 14.5 Å². The molecule has 2 rings (SSSR count). The Morgan fingerprint density at radius 1 is 1.18 bits per heavy atom. The van der Waals surface area contributed by atoms with Gasteiger partial charge in [0.25, 0.3) is 0 Å². The summed E-state index contributed by atoms with van der Waals surface area (Å²) >= 11 is 0. The summed E-state index contributed by atoms with van der Waals surface area (Å²) in [6.45, 7) is 8.69. The van der Waals surface area contributed by atoms with E-state index in [1.165, 1.54) is 11.9 Å². The van der Waals surface area contributed by atoms with Crippen molar-refractivity contribution in [3.63, 3.8) is 0 Å². The summed E-state index contributed by atoms with van der Waals surface area (Å²) < 4.78 is 10.6. The maximum atomic E-state index is 13.2. The molecule has 1 heterocycles. The van der Waals surface area contributed by atoms with Gasteiger partial charge < -0.3 is 14.4 Å². The predicted molar refractivity (Wildman–Crippen MR) is 122 cm³/mol. The zero-order valence-electron chi connectivity index (χ0n) is 20.3. The molecule has 1 aromatic rings. The molecule has 0 aromatic heterocycles. The lowest BCUT2D eigenvalue weighted by atomic mass is 10.0. The van der Waals surface area contributed by atoms with Gasteiger partial charge in [0.05, 0.1) is 19.2 Å². The monoisotopic (exact) mass is 461 g/mol. The van der Waals surface area contributed by atoms with Gasteiger partial charge >= 0.3 is 18.0 Å². The molecule has 0 radical (unpaired) electrons. The number of urea groups is 1. The minimum Gasteiger partial charge on any atom is -0.465 e. The number of rotatable bonds is 9. The van der Waals surface area contributed by atoms with E-state index in [-0.39, 0.29) is 13.2 Å². The first-order chi connectivity index (χ1) is 15.4. The third-order valence-electron chi connectivity index (χ3n) is 5.16. The van der Waals surface area contributed by atoms with Crippen LogP contribution < -0.4 is 5.32 Å². The van der Waals surface area contributed by atoms with Crippen molar-refractivity contribution in [2.24, 2.45) is 0 Å². The minimum absolute atomic E-state index is 0.0432. The van der Waals surface area contributed by atoms with Gasteiger partial charge in [-0.3, -0.25) is 14.9 Å². The van der Waals surface area contributed by atoms with Crippen LogP contribution in [0.1, 0.15) is 46.6 Å². The van der Waals surface area contributed by atoms with E-state index in [0.29, 0.717) is 12.8 Å². The Labute approximate surface area is 195 Å². The lowest BCUT2D eigenvalue weighted by molar-refractivity contribution is -0.162. The number of carbonyl (C=O) groups excluding carboxylic acids is 4. The van der Waals surface area contributed by atoms with E-state index < -0.39 is 47.6 Å². The second kappa shape index (κ2) is 11.3. The molecule has 0 aliphatic carbocycles. The van der Waals surface area contributed by atoms with Crippen LogP contribution in [0.15, 0.2) is 30.3 Å². The summed E-state index contributed by atoms with van der Waals surface area (Å²) in [4.78, 5) is 53.3. The van der Waals surface area contributed by atoms with Crippen molar-refractivity contribution < 1.29 is 28.7 Å². The number of aryl methyl sites for hydroxylation is 1. The van der Waals surface area contributed by atoms with Crippen LogP contribution in [-0.2, 0) is 30.3 Å². The highest BCUT2D eigenvalue weighted by atomic mass is 16.6. The van der Waals surface area contributed by atoms with Crippen LogP contribution in [0, 0.1) is 0 Å². The number of likely N-dealkylation sites (N-methyl/N-ethyl adjacent to an activating group) is 1. The molecule has 0 spiro atoms. The van der Waals surface area contributed by atoms with Crippen LogP contribution in [0.25, 0.3) is 0 Å². The summed E-state index contributed by atoms with van der Waals surface area (Å²) in [5.41, 5.74) is 0.292. The average molecular weight is 462 g/mol. The predicted octanol–water partition coefficient (Wildman–Crippen LogP) is 2.13. The highest BCUT2D eigenvalue weighted by Crippen LogP contribution is 2.20. The summed E-state index contributed by atoms with van der Waals surface area (Å²) in [6, 6.07) is 6.37. The first kappa shape index (κ1) is 26.3. The zero-order valence-corrected chi connectivity index (χ0v) is 20.3. The van der Waals surface area contributed by atoms with Crippen LogP contribution in [-0.4, -0.2) is 77.6 Å². The van der Waals surface area contributed by atoms with E-state index in [2.05, 4.69) is 5.32 Å². The molecule has 0 bridgehead atoms. The Morgan fingerprint density at radius 2 is 1.82 bits per heavy atom. The molecule has 9 heteroatoms. The number of hydrogen-bond acceptors (Lipinski definition) is 7. The van der Waals surface area contributed by atoms with Gasteiger partial charge in [0.15, 0.2) is 6.04 Å². The second-order valence-corrected chi connectivity index (χ2v) is 9.14. The van der Waals surface area contributed by atoms with Gasteiger partial charge in [0.1, 0.15) is 11.6 Å². The third kappa shape index (κ3) is 7.28. The summed E-state index contributed by atoms with van der Waals surface area (Å²) in [5, 5.41) is 3.00. The molecule has 1 aliphatic heterocycles. The first-order valence-corrected chi connectivity index (χ1v) is 11.2. The number of esters is 2. The molecule has 3 unspecified atom stereocenters. The fourth-order valence-corrected chi connectivity index (χ4v) is 3.58. The molecule has 1 fully saturated rings. The summed E-state index contributed by atoms with van der Waals surface area (Å²) in [5.74, 6) is -1.72. The zero-order chi connectivity index (χ0) is 24.8. The van der Waals surface area contributed by atoms with Gasteiger partial charge in [-0.15, -0.1) is 0 Å². The van der Waals surface area contributed by atoms with Crippen molar-refractivity contribution in [2.75, 3.05) is 20.2 Å². The number of amides is 3. The second-order valence-electron chi connectivity index (χ2n) is 9.14. The van der Waals surface area contributed by atoms with E-state index >= 15 is 0 Å². The fraction of sp³-hybridized carbons (Fsp3) is 0.583. The fourth-order valence-electron chi connectivity index (χ4n) is 3.58. The van der Waals surface area contributed by atoms with Gasteiger partial charge in [0.2, 0.25) is 5.91 Å². The largest absolute Gasteiger partial charge is 0.465 e. The van der Waals surface area contributed by atoms with Crippen LogP contribution >= 0.6 is 0 Å². The molecule has 1 saturated heterocycles. The summed E-state index contributed by atoms with van der Waals surface area (Å²) in [7, 11) is 1.52. The quantitative estimate of drug-likeness (QED) is 0.562. The molecule has 3 atom stereocenters. The molecular formula is C24H35N3O6. The Morgan fingerprint density at radius 3 is 2.39 bits per heavy atom. The van der Waals surface area contributed by atoms with Gasteiger partial charge in [-0.05, 0) is 53.0 Å². The highest BCUT2D eigenvalue weighted by molar-refractivity contribution is 6.03. The van der Waals surface area contributed by atoms with Gasteiger partial charge in [-0.1, -0.05) is 30.3 Å². The van der Waals surface area contributed by atoms with Crippen LogP contribution in [0.2, 0.25) is 0 Å². The number of imide groups is 1. The first-order valence-electron chi connectivity index (χ1n) is 11.2. The van der Waals surface area contributed by atoms with E-state index in [1.54, 1.807) is 34.6 Å². The van der Waals surface area contributed by atoms with Crippen molar-refractivity contribution in [1.29, 1.82) is 0 Å². The molecule has 1 aromatic carbocycles. The number of carbonyl (C=O) groups is 4. The molecular weight excluding hydrogens is 426 g/mol. The minimum atomic E-state index is -1.05. The molecule has 182 valence electrons. The Kier molecular flexibility index (Phi) is 8.99. The maximum absolute atomic E-state index is 13.2. The number of hydrogen-bond donors (Lipinski definition) is 1. The third-order valence-corrected chi connectivity index (χ3v) is 5.16. The van der Waals surface area contributed by atoms with Crippen molar-refractivity contribution in [3.05, 3.63) is 35.9 Å². The van der Waals surface area contributed by atoms with E-state index in [9.17, 15) is 19.2 Å². The topological polar surface area (TPSA) is 105 Å². The molecule has 0 saturated carbocycles. The average Bonchev–Trinajstić information content (AvgIpc) is 3.04. The summed E-state index contributed by atoms with van der Waals surface area (Å²) in [6.07, 6.45) is 1.01. The van der Waals surface area contributed by atoms with Gasteiger partial charge in [-0.2, -0.15) is 0 Å². The molecule has 33 heavy (non-hydrogen) atoms. The number of ether oxygens (including phenoxy) is 2. The standard InChI is InChI=1S/C24H35N3O6/c1-7-32-21(29)18(14-13-17-11-9-8-10-12-17)25-16(2)20(28)27-19(15-26(6)23(27)31)22(30)33-24(3,4)5/h8-12,16,18-19,25H,7,13-15H2,1-6H3. The van der Waals surface area contributed by atoms with Gasteiger partial charge in [0, 0.05) is 7.05 Å². The van der Waals surface area contributed by atoms with Crippen LogP contribution in [0.3, 0.4) is 0 Å². The lowest BCUT2D eigenvalue weighted by Gasteiger charge is -2.28. The van der Waals surface area contributed by atoms with Crippen molar-refractivity contribution in [3.8, 4) is 0 Å². The Balaban J connectivity index is 2.14. The Hall–Kier alpha value is -2.94. The molecule has 1 N–H and O–H groups in total. The maximum Gasteiger partial charge on any atom is 0.331 e. The van der Waals surface area contributed by atoms with E-state index in [1.807, 2.05) is 30.3 Å². The van der Waals surface area contributed by atoms with Crippen molar-refractivity contribution in [2.45, 2.75) is 71.2 Å². The van der Waals surface area contributed by atoms with Crippen LogP contribution in [0.5, 0.6) is 0 Å². The normalized spacial score (nSPS) is 18.1. The molecule has 9 nitrogen and oxygen atoms in total. The number of benzene rings is 1. The van der Waals surface area contributed by atoms with Crippen LogP contribution in [0.4, 0.5) is 4.79 Å². The number of nitrogens with one attached hydrogen (secondary N) is 1. The SMILES string of the molecule is CCOC(=O)C(CCc1ccccc1)NC(C)C(=O)N1C(=O)N(C)CC1C(=O)OC(C)(C)C. The molecule has 1 aliphatic rings. The highest BCUT2D eigenvalue weighted by Gasteiger charge is 2.46. The van der Waals surface area contributed by atoms with E-state index in [0.717, 1.165) is 10.5 Å².